The molecule has 1 aromatic heterocycles. The number of thiazole rings is 1. The Labute approximate surface area is 124 Å². The van der Waals surface area contributed by atoms with E-state index in [9.17, 15) is 0 Å². The molecule has 0 bridgehead atoms. The summed E-state index contributed by atoms with van der Waals surface area (Å²) in [7, 11) is 0. The Morgan fingerprint density at radius 1 is 1.45 bits per heavy atom. The van der Waals surface area contributed by atoms with E-state index in [0.717, 1.165) is 29.4 Å². The maximum absolute atomic E-state index is 6.13. The highest BCUT2D eigenvalue weighted by atomic mass is 32.1. The molecule has 0 fully saturated rings. The maximum Gasteiger partial charge on any atom is 0.144 e. The first-order chi connectivity index (χ1) is 9.72. The standard InChI is InChI=1S/C15H21N3OS/c1-3-8-19-13-6-4-5-12(14(13)16)18-10-11(2)15-17-7-9-20-15/h4-7,9,11,18H,3,8,10,16H2,1-2H3. The third kappa shape index (κ3) is 3.63. The van der Waals surface area contributed by atoms with Crippen molar-refractivity contribution in [3.8, 4) is 5.75 Å². The van der Waals surface area contributed by atoms with Crippen LogP contribution in [0.2, 0.25) is 0 Å². The van der Waals surface area contributed by atoms with E-state index in [1.807, 2.05) is 29.8 Å². The molecule has 0 aliphatic carbocycles. The lowest BCUT2D eigenvalue weighted by molar-refractivity contribution is 0.319. The number of aromatic nitrogens is 1. The van der Waals surface area contributed by atoms with Crippen LogP contribution in [0.4, 0.5) is 11.4 Å². The third-order valence-electron chi connectivity index (χ3n) is 3.00. The van der Waals surface area contributed by atoms with Crippen molar-refractivity contribution >= 4 is 22.7 Å². The molecule has 0 amide bonds. The van der Waals surface area contributed by atoms with Crippen molar-refractivity contribution in [3.05, 3.63) is 34.8 Å². The average Bonchev–Trinajstić information content (AvgIpc) is 2.99. The molecule has 0 aliphatic heterocycles. The molecule has 3 N–H and O–H groups in total. The minimum Gasteiger partial charge on any atom is -0.491 e. The van der Waals surface area contributed by atoms with Gasteiger partial charge in [-0.3, -0.25) is 0 Å². The summed E-state index contributed by atoms with van der Waals surface area (Å²) in [6.45, 7) is 5.71. The lowest BCUT2D eigenvalue weighted by Gasteiger charge is -2.15. The van der Waals surface area contributed by atoms with Gasteiger partial charge in [-0.2, -0.15) is 0 Å². The van der Waals surface area contributed by atoms with E-state index in [-0.39, 0.29) is 0 Å². The Bertz CT molecular complexity index is 528. The quantitative estimate of drug-likeness (QED) is 0.763. The van der Waals surface area contributed by atoms with Crippen LogP contribution in [-0.2, 0) is 0 Å². The highest BCUT2D eigenvalue weighted by molar-refractivity contribution is 7.09. The Hall–Kier alpha value is -1.75. The van der Waals surface area contributed by atoms with Gasteiger partial charge in [-0.1, -0.05) is 19.9 Å². The van der Waals surface area contributed by atoms with Crippen LogP contribution in [0.15, 0.2) is 29.8 Å². The zero-order valence-corrected chi connectivity index (χ0v) is 12.7. The van der Waals surface area contributed by atoms with Crippen molar-refractivity contribution in [2.24, 2.45) is 0 Å². The van der Waals surface area contributed by atoms with Gasteiger partial charge in [-0.15, -0.1) is 11.3 Å². The molecule has 20 heavy (non-hydrogen) atoms. The number of ether oxygens (including phenoxy) is 1. The van der Waals surface area contributed by atoms with E-state index in [4.69, 9.17) is 10.5 Å². The van der Waals surface area contributed by atoms with E-state index < -0.39 is 0 Å². The maximum atomic E-state index is 6.13. The van der Waals surface area contributed by atoms with Gasteiger partial charge in [0.25, 0.3) is 0 Å². The smallest absolute Gasteiger partial charge is 0.144 e. The van der Waals surface area contributed by atoms with E-state index in [2.05, 4.69) is 24.1 Å². The summed E-state index contributed by atoms with van der Waals surface area (Å²) in [6.07, 6.45) is 2.81. The topological polar surface area (TPSA) is 60.2 Å². The van der Waals surface area contributed by atoms with Gasteiger partial charge in [0.15, 0.2) is 0 Å². The van der Waals surface area contributed by atoms with Gasteiger partial charge in [-0.25, -0.2) is 4.98 Å². The molecule has 2 rings (SSSR count). The fourth-order valence-corrected chi connectivity index (χ4v) is 2.56. The van der Waals surface area contributed by atoms with Crippen LogP contribution in [0.3, 0.4) is 0 Å². The fraction of sp³-hybridized carbons (Fsp3) is 0.400. The van der Waals surface area contributed by atoms with Crippen LogP contribution in [-0.4, -0.2) is 18.1 Å². The van der Waals surface area contributed by atoms with Crippen molar-refractivity contribution in [1.29, 1.82) is 0 Å². The lowest BCUT2D eigenvalue weighted by Crippen LogP contribution is -2.11. The molecule has 1 heterocycles. The molecule has 1 atom stereocenters. The van der Waals surface area contributed by atoms with Crippen LogP contribution in [0, 0.1) is 0 Å². The number of anilines is 2. The number of hydrogen-bond acceptors (Lipinski definition) is 5. The minimum absolute atomic E-state index is 0.356. The molecule has 0 saturated carbocycles. The van der Waals surface area contributed by atoms with Crippen molar-refractivity contribution < 1.29 is 4.74 Å². The number of nitrogen functional groups attached to an aromatic ring is 1. The molecule has 2 aromatic rings. The highest BCUT2D eigenvalue weighted by Crippen LogP contribution is 2.30. The fourth-order valence-electron chi connectivity index (χ4n) is 1.86. The Morgan fingerprint density at radius 3 is 3.00 bits per heavy atom. The second-order valence-electron chi connectivity index (χ2n) is 4.72. The number of para-hydroxylation sites is 1. The number of benzene rings is 1. The SMILES string of the molecule is CCCOc1cccc(NCC(C)c2nccs2)c1N. The normalized spacial score (nSPS) is 12.1. The van der Waals surface area contributed by atoms with Gasteiger partial charge < -0.3 is 15.8 Å². The van der Waals surface area contributed by atoms with Gasteiger partial charge in [0, 0.05) is 24.0 Å². The molecule has 5 heteroatoms. The second kappa shape index (κ2) is 7.14. The lowest BCUT2D eigenvalue weighted by atomic mass is 10.2. The summed E-state index contributed by atoms with van der Waals surface area (Å²) in [4.78, 5) is 4.33. The predicted molar refractivity (Wildman–Crippen MR) is 85.7 cm³/mol. The number of hydrogen-bond donors (Lipinski definition) is 2. The summed E-state index contributed by atoms with van der Waals surface area (Å²) < 4.78 is 5.63. The molecule has 0 saturated heterocycles. The number of nitrogens with one attached hydrogen (secondary N) is 1. The minimum atomic E-state index is 0.356. The van der Waals surface area contributed by atoms with Crippen LogP contribution in [0.5, 0.6) is 5.75 Å². The summed E-state index contributed by atoms with van der Waals surface area (Å²) >= 11 is 1.68. The molecule has 1 unspecified atom stereocenters. The van der Waals surface area contributed by atoms with Gasteiger partial charge in [0.1, 0.15) is 5.75 Å². The Morgan fingerprint density at radius 2 is 2.30 bits per heavy atom. The molecular weight excluding hydrogens is 270 g/mol. The first-order valence-electron chi connectivity index (χ1n) is 6.87. The van der Waals surface area contributed by atoms with Crippen LogP contribution >= 0.6 is 11.3 Å². The first kappa shape index (κ1) is 14.7. The number of nitrogens with zero attached hydrogens (tertiary/aromatic N) is 1. The van der Waals surface area contributed by atoms with Gasteiger partial charge in [0.2, 0.25) is 0 Å². The Balaban J connectivity index is 1.99. The first-order valence-corrected chi connectivity index (χ1v) is 7.75. The van der Waals surface area contributed by atoms with E-state index in [1.165, 1.54) is 0 Å². The molecule has 0 radical (unpaired) electrons. The van der Waals surface area contributed by atoms with Gasteiger partial charge >= 0.3 is 0 Å². The van der Waals surface area contributed by atoms with Crippen molar-refractivity contribution in [1.82, 2.24) is 4.98 Å². The van der Waals surface area contributed by atoms with Crippen LogP contribution < -0.4 is 15.8 Å². The summed E-state index contributed by atoms with van der Waals surface area (Å²) in [5.41, 5.74) is 7.72. The van der Waals surface area contributed by atoms with Crippen molar-refractivity contribution in [2.75, 3.05) is 24.2 Å². The summed E-state index contributed by atoms with van der Waals surface area (Å²) in [6, 6.07) is 5.83. The molecule has 108 valence electrons. The average molecular weight is 291 g/mol. The van der Waals surface area contributed by atoms with Gasteiger partial charge in [-0.05, 0) is 18.6 Å². The monoisotopic (exact) mass is 291 g/mol. The number of nitrogens with two attached hydrogens (primary N) is 1. The predicted octanol–water partition coefficient (Wildman–Crippen LogP) is 3.73. The second-order valence-corrected chi connectivity index (χ2v) is 5.64. The molecular formula is C15H21N3OS. The highest BCUT2D eigenvalue weighted by Gasteiger charge is 2.10. The van der Waals surface area contributed by atoms with E-state index in [1.54, 1.807) is 11.3 Å². The summed E-state index contributed by atoms with van der Waals surface area (Å²) in [5, 5.41) is 6.51. The van der Waals surface area contributed by atoms with Gasteiger partial charge in [0.05, 0.1) is 23.0 Å². The Kier molecular flexibility index (Phi) is 5.24. The third-order valence-corrected chi connectivity index (χ3v) is 4.01. The number of rotatable bonds is 7. The largest absolute Gasteiger partial charge is 0.491 e. The molecule has 1 aromatic carbocycles. The zero-order valence-electron chi connectivity index (χ0n) is 11.9. The van der Waals surface area contributed by atoms with Crippen LogP contribution in [0.25, 0.3) is 0 Å². The zero-order chi connectivity index (χ0) is 14.4. The van der Waals surface area contributed by atoms with E-state index in [0.29, 0.717) is 18.2 Å². The molecule has 0 aliphatic rings. The van der Waals surface area contributed by atoms with Crippen LogP contribution in [0.1, 0.15) is 31.2 Å². The molecule has 0 spiro atoms. The van der Waals surface area contributed by atoms with Crippen molar-refractivity contribution in [2.45, 2.75) is 26.2 Å². The summed E-state index contributed by atoms with van der Waals surface area (Å²) in [5.74, 6) is 1.10. The van der Waals surface area contributed by atoms with E-state index >= 15 is 0 Å². The molecule has 4 nitrogen and oxygen atoms in total. The van der Waals surface area contributed by atoms with Crippen molar-refractivity contribution in [3.63, 3.8) is 0 Å².